The molecule has 0 aromatic rings. The maximum Gasteiger partial charge on any atom is 0.303 e. The molecule has 2 nitrogen and oxygen atoms in total. The molecule has 0 aliphatic rings. The van der Waals surface area contributed by atoms with Crippen molar-refractivity contribution in [3.8, 4) is 0 Å². The Bertz CT molecular complexity index is 44.1. The Balaban J connectivity index is 0. The third-order valence-electron chi connectivity index (χ3n) is 0.302. The van der Waals surface area contributed by atoms with Gasteiger partial charge in [-0.25, -0.2) is 0 Å². The molecule has 32 valence electrons. The topological polar surface area (TPSA) is 37.3 Å². The Morgan fingerprint density at radius 3 is 2.00 bits per heavy atom. The van der Waals surface area contributed by atoms with Crippen LogP contribution in [0.2, 0.25) is 0 Å². The molecule has 2 radical (unpaired) electrons. The molecule has 6 heavy (non-hydrogen) atoms. The molecule has 0 amide bonds. The molecular weight excluding hydrogens is 156 g/mol. The standard InChI is InChI=1S/C3H6O2.Sr/c1-2-3(4)5;/h2H2,1H3,(H,4,5);. The molecule has 0 aliphatic heterocycles. The quantitative estimate of drug-likeness (QED) is 0.554. The van der Waals surface area contributed by atoms with Gasteiger partial charge in [0.05, 0.1) is 0 Å². The Morgan fingerprint density at radius 1 is 1.83 bits per heavy atom. The maximum atomic E-state index is 9.37. The summed E-state index contributed by atoms with van der Waals surface area (Å²) in [5.41, 5.74) is 0. The van der Waals surface area contributed by atoms with Gasteiger partial charge >= 0.3 is 5.97 Å². The first-order valence-electron chi connectivity index (χ1n) is 1.49. The molecule has 0 heterocycles. The van der Waals surface area contributed by atoms with Crippen LogP contribution >= 0.6 is 0 Å². The van der Waals surface area contributed by atoms with Crippen LogP contribution in [0.4, 0.5) is 0 Å². The molecule has 0 unspecified atom stereocenters. The van der Waals surface area contributed by atoms with Crippen LogP contribution in [0.3, 0.4) is 0 Å². The molecule has 3 heteroatoms. The molecule has 0 bridgehead atoms. The maximum absolute atomic E-state index is 9.37. The van der Waals surface area contributed by atoms with Crippen LogP contribution in [0.5, 0.6) is 0 Å². The molecular formula is C3H6O2Sr. The van der Waals surface area contributed by atoms with Crippen molar-refractivity contribution in [2.75, 3.05) is 0 Å². The smallest absolute Gasteiger partial charge is 0.303 e. The fourth-order valence-corrected chi connectivity index (χ4v) is 0. The first-order chi connectivity index (χ1) is 2.27. The minimum Gasteiger partial charge on any atom is -0.481 e. The van der Waals surface area contributed by atoms with E-state index in [0.29, 0.717) is 0 Å². The van der Waals surface area contributed by atoms with Crippen molar-refractivity contribution >= 4 is 51.5 Å². The molecule has 0 atom stereocenters. The molecule has 0 aromatic carbocycles. The van der Waals surface area contributed by atoms with Crippen molar-refractivity contribution < 1.29 is 9.90 Å². The van der Waals surface area contributed by atoms with Gasteiger partial charge < -0.3 is 5.11 Å². The van der Waals surface area contributed by atoms with Crippen LogP contribution in [-0.4, -0.2) is 56.6 Å². The fraction of sp³-hybridized carbons (Fsp3) is 0.667. The minimum absolute atomic E-state index is 0. The van der Waals surface area contributed by atoms with Crippen LogP contribution in [0.25, 0.3) is 0 Å². The normalized spacial score (nSPS) is 6.17. The molecule has 0 rings (SSSR count). The number of hydrogen-bond acceptors (Lipinski definition) is 1. The second kappa shape index (κ2) is 5.95. The number of hydrogen-bond donors (Lipinski definition) is 1. The van der Waals surface area contributed by atoms with Crippen molar-refractivity contribution in [2.45, 2.75) is 13.3 Å². The van der Waals surface area contributed by atoms with Crippen LogP contribution in [0.1, 0.15) is 13.3 Å². The number of carbonyl (C=O) groups is 1. The largest absolute Gasteiger partial charge is 0.481 e. The van der Waals surface area contributed by atoms with Gasteiger partial charge in [-0.2, -0.15) is 0 Å². The molecule has 1 N–H and O–H groups in total. The minimum atomic E-state index is -0.745. The van der Waals surface area contributed by atoms with Gasteiger partial charge in [-0.05, 0) is 0 Å². The van der Waals surface area contributed by atoms with Crippen LogP contribution in [-0.2, 0) is 4.79 Å². The second-order valence-electron chi connectivity index (χ2n) is 0.747. The van der Waals surface area contributed by atoms with Gasteiger partial charge in [0, 0.05) is 51.9 Å². The van der Waals surface area contributed by atoms with Crippen molar-refractivity contribution in [3.63, 3.8) is 0 Å². The number of carboxylic acid groups (broad SMARTS) is 1. The van der Waals surface area contributed by atoms with Gasteiger partial charge in [0.1, 0.15) is 0 Å². The van der Waals surface area contributed by atoms with E-state index in [1.807, 2.05) is 0 Å². The zero-order valence-corrected chi connectivity index (χ0v) is 7.25. The van der Waals surface area contributed by atoms with E-state index in [9.17, 15) is 4.79 Å². The van der Waals surface area contributed by atoms with E-state index in [4.69, 9.17) is 5.11 Å². The summed E-state index contributed by atoms with van der Waals surface area (Å²) >= 11 is 0. The van der Waals surface area contributed by atoms with E-state index in [1.165, 1.54) is 0 Å². The van der Waals surface area contributed by atoms with Crippen LogP contribution in [0.15, 0.2) is 0 Å². The van der Waals surface area contributed by atoms with Crippen LogP contribution in [0, 0.1) is 0 Å². The third-order valence-corrected chi connectivity index (χ3v) is 0.302. The van der Waals surface area contributed by atoms with E-state index in [2.05, 4.69) is 0 Å². The van der Waals surface area contributed by atoms with E-state index in [1.54, 1.807) is 6.92 Å². The number of aliphatic carboxylic acids is 1. The van der Waals surface area contributed by atoms with Gasteiger partial charge in [-0.1, -0.05) is 6.92 Å². The second-order valence-corrected chi connectivity index (χ2v) is 0.747. The summed E-state index contributed by atoms with van der Waals surface area (Å²) < 4.78 is 0. The molecule has 0 fully saturated rings. The first kappa shape index (κ1) is 10.0. The van der Waals surface area contributed by atoms with E-state index in [-0.39, 0.29) is 51.9 Å². The van der Waals surface area contributed by atoms with Crippen molar-refractivity contribution in [2.24, 2.45) is 0 Å². The van der Waals surface area contributed by atoms with Gasteiger partial charge in [0.2, 0.25) is 0 Å². The van der Waals surface area contributed by atoms with Gasteiger partial charge in [-0.15, -0.1) is 0 Å². The molecule has 0 aliphatic carbocycles. The summed E-state index contributed by atoms with van der Waals surface area (Å²) in [5, 5.41) is 7.72. The van der Waals surface area contributed by atoms with Crippen LogP contribution < -0.4 is 0 Å². The Kier molecular flexibility index (Phi) is 9.96. The summed E-state index contributed by atoms with van der Waals surface area (Å²) in [6.07, 6.45) is 0.222. The van der Waals surface area contributed by atoms with E-state index < -0.39 is 5.97 Å². The molecule has 0 saturated carbocycles. The van der Waals surface area contributed by atoms with Gasteiger partial charge in [-0.3, -0.25) is 4.79 Å². The van der Waals surface area contributed by atoms with Crippen molar-refractivity contribution in [1.29, 1.82) is 0 Å². The van der Waals surface area contributed by atoms with Gasteiger partial charge in [0.15, 0.2) is 0 Å². The summed E-state index contributed by atoms with van der Waals surface area (Å²) in [6.45, 7) is 1.60. The number of carboxylic acids is 1. The number of rotatable bonds is 1. The zero-order chi connectivity index (χ0) is 4.28. The summed E-state index contributed by atoms with van der Waals surface area (Å²) in [7, 11) is 0. The molecule has 0 saturated heterocycles. The Morgan fingerprint density at radius 2 is 2.00 bits per heavy atom. The van der Waals surface area contributed by atoms with Crippen molar-refractivity contribution in [3.05, 3.63) is 0 Å². The SMILES string of the molecule is CCC(=O)O.[Sr]. The Hall–Kier alpha value is 0.951. The third kappa shape index (κ3) is 8.87. The fourth-order valence-electron chi connectivity index (χ4n) is 0. The average molecular weight is 162 g/mol. The zero-order valence-electron chi connectivity index (χ0n) is 3.77. The average Bonchev–Trinajstić information content (AvgIpc) is 1.38. The Labute approximate surface area is 73.8 Å². The summed E-state index contributed by atoms with van der Waals surface area (Å²) in [6, 6.07) is 0. The monoisotopic (exact) mass is 162 g/mol. The summed E-state index contributed by atoms with van der Waals surface area (Å²) in [4.78, 5) is 9.37. The molecule has 0 spiro atoms. The summed E-state index contributed by atoms with van der Waals surface area (Å²) in [5.74, 6) is -0.745. The van der Waals surface area contributed by atoms with E-state index >= 15 is 0 Å². The van der Waals surface area contributed by atoms with E-state index in [0.717, 1.165) is 0 Å². The predicted molar refractivity (Wildman–Crippen MR) is 23.7 cm³/mol. The molecule has 0 aromatic heterocycles. The van der Waals surface area contributed by atoms with Crippen molar-refractivity contribution in [1.82, 2.24) is 0 Å². The van der Waals surface area contributed by atoms with Gasteiger partial charge in [0.25, 0.3) is 0 Å². The predicted octanol–water partition coefficient (Wildman–Crippen LogP) is 0.100. The first-order valence-corrected chi connectivity index (χ1v) is 1.49.